The normalized spacial score (nSPS) is 12.6. The van der Waals surface area contributed by atoms with Crippen molar-refractivity contribution >= 4 is 0 Å². The molecular formula is C44H31N3. The molecule has 0 amide bonds. The summed E-state index contributed by atoms with van der Waals surface area (Å²) in [6.45, 7) is 4.48. The summed E-state index contributed by atoms with van der Waals surface area (Å²) < 4.78 is 0. The van der Waals surface area contributed by atoms with Gasteiger partial charge >= 0.3 is 0 Å². The molecule has 1 aliphatic carbocycles. The Bertz CT molecular complexity index is 2310. The number of aromatic nitrogens is 2. The van der Waals surface area contributed by atoms with Crippen LogP contribution in [-0.2, 0) is 5.41 Å². The van der Waals surface area contributed by atoms with Gasteiger partial charge in [0.15, 0.2) is 5.82 Å². The van der Waals surface area contributed by atoms with Crippen molar-refractivity contribution in [3.05, 3.63) is 168 Å². The van der Waals surface area contributed by atoms with Crippen LogP contribution in [0.3, 0.4) is 0 Å². The van der Waals surface area contributed by atoms with E-state index in [1.54, 1.807) is 0 Å². The number of hydrogen-bond donors (Lipinski definition) is 0. The molecule has 7 aromatic rings. The molecule has 1 heterocycles. The van der Waals surface area contributed by atoms with Gasteiger partial charge in [-0.3, -0.25) is 0 Å². The van der Waals surface area contributed by atoms with Gasteiger partial charge in [0.25, 0.3) is 0 Å². The molecule has 0 spiro atoms. The summed E-state index contributed by atoms with van der Waals surface area (Å²) in [5.41, 5.74) is 14.6. The molecule has 0 fully saturated rings. The van der Waals surface area contributed by atoms with E-state index in [1.807, 2.05) is 36.4 Å². The molecule has 0 radical (unpaired) electrons. The van der Waals surface area contributed by atoms with Gasteiger partial charge in [0.2, 0.25) is 0 Å². The maximum absolute atomic E-state index is 9.91. The lowest BCUT2D eigenvalue weighted by Gasteiger charge is -2.21. The molecule has 1 aliphatic rings. The third-order valence-corrected chi connectivity index (χ3v) is 9.36. The minimum Gasteiger partial charge on any atom is -0.228 e. The molecule has 0 saturated carbocycles. The summed E-state index contributed by atoms with van der Waals surface area (Å²) in [5.74, 6) is 0.691. The molecule has 1 aromatic heterocycles. The fourth-order valence-corrected chi connectivity index (χ4v) is 6.86. The summed E-state index contributed by atoms with van der Waals surface area (Å²) >= 11 is 0. The van der Waals surface area contributed by atoms with E-state index < -0.39 is 0 Å². The molecule has 47 heavy (non-hydrogen) atoms. The minimum atomic E-state index is -0.151. The average Bonchev–Trinajstić information content (AvgIpc) is 3.38. The maximum atomic E-state index is 9.91. The van der Waals surface area contributed by atoms with Crippen LogP contribution in [-0.4, -0.2) is 9.97 Å². The van der Waals surface area contributed by atoms with E-state index in [2.05, 4.69) is 135 Å². The lowest BCUT2D eigenvalue weighted by molar-refractivity contribution is 0.660. The number of hydrogen-bond acceptors (Lipinski definition) is 3. The Morgan fingerprint density at radius 2 is 1.00 bits per heavy atom. The van der Waals surface area contributed by atoms with Crippen LogP contribution >= 0.6 is 0 Å². The van der Waals surface area contributed by atoms with Gasteiger partial charge in [-0.05, 0) is 63.2 Å². The zero-order chi connectivity index (χ0) is 32.0. The summed E-state index contributed by atoms with van der Waals surface area (Å²) in [6.07, 6.45) is 0. The highest BCUT2D eigenvalue weighted by molar-refractivity contribution is 5.88. The number of fused-ring (bicyclic) bond motifs is 3. The Morgan fingerprint density at radius 3 is 1.70 bits per heavy atom. The topological polar surface area (TPSA) is 49.6 Å². The molecule has 0 bridgehead atoms. The smallest absolute Gasteiger partial charge is 0.160 e. The van der Waals surface area contributed by atoms with Gasteiger partial charge in [-0.2, -0.15) is 5.26 Å². The maximum Gasteiger partial charge on any atom is 0.160 e. The van der Waals surface area contributed by atoms with Crippen LogP contribution in [0.15, 0.2) is 152 Å². The zero-order valence-corrected chi connectivity index (χ0v) is 26.3. The lowest BCUT2D eigenvalue weighted by Crippen LogP contribution is -2.14. The Balaban J connectivity index is 1.19. The van der Waals surface area contributed by atoms with Gasteiger partial charge in [0, 0.05) is 27.7 Å². The van der Waals surface area contributed by atoms with Crippen molar-refractivity contribution in [3.8, 4) is 73.4 Å². The van der Waals surface area contributed by atoms with E-state index in [1.165, 1.54) is 11.1 Å². The molecule has 0 unspecified atom stereocenters. The first-order chi connectivity index (χ1) is 23.0. The molecule has 0 aliphatic heterocycles. The highest BCUT2D eigenvalue weighted by Crippen LogP contribution is 2.50. The molecule has 222 valence electrons. The van der Waals surface area contributed by atoms with Gasteiger partial charge in [0.05, 0.1) is 23.0 Å². The first kappa shape index (κ1) is 28.4. The fraction of sp³-hybridized carbons (Fsp3) is 0.0682. The highest BCUT2D eigenvalue weighted by atomic mass is 14.9. The predicted molar refractivity (Wildman–Crippen MR) is 191 cm³/mol. The number of rotatable bonds is 5. The molecule has 8 rings (SSSR count). The van der Waals surface area contributed by atoms with Gasteiger partial charge in [-0.1, -0.05) is 141 Å². The lowest BCUT2D eigenvalue weighted by atomic mass is 9.82. The number of benzene rings is 6. The standard InChI is InChI=1S/C44H31N3/c1-44(2)38-24-23-34(26-37(38)42-36(28-45)17-10-18-39(42)44)30-19-21-32(22-20-30)41-27-40(31-13-7-4-8-14-31)46-43(47-41)35-16-9-15-33(25-35)29-11-5-3-6-12-29/h3-27H,1-2H3. The van der Waals surface area contributed by atoms with E-state index in [9.17, 15) is 5.26 Å². The van der Waals surface area contributed by atoms with Crippen molar-refractivity contribution in [2.45, 2.75) is 19.3 Å². The molecule has 3 heteroatoms. The van der Waals surface area contributed by atoms with Crippen LogP contribution in [0.25, 0.3) is 67.3 Å². The third kappa shape index (κ3) is 5.01. The van der Waals surface area contributed by atoms with Gasteiger partial charge in [-0.15, -0.1) is 0 Å². The number of nitrogens with zero attached hydrogens (tertiary/aromatic N) is 3. The fourth-order valence-electron chi connectivity index (χ4n) is 6.86. The summed E-state index contributed by atoms with van der Waals surface area (Å²) in [6, 6.07) is 54.9. The van der Waals surface area contributed by atoms with Crippen molar-refractivity contribution in [3.63, 3.8) is 0 Å². The van der Waals surface area contributed by atoms with Gasteiger partial charge < -0.3 is 0 Å². The van der Waals surface area contributed by atoms with E-state index >= 15 is 0 Å². The second kappa shape index (κ2) is 11.4. The minimum absolute atomic E-state index is 0.151. The van der Waals surface area contributed by atoms with E-state index in [4.69, 9.17) is 9.97 Å². The van der Waals surface area contributed by atoms with Crippen molar-refractivity contribution in [1.29, 1.82) is 5.26 Å². The van der Waals surface area contributed by atoms with Gasteiger partial charge in [0.1, 0.15) is 0 Å². The van der Waals surface area contributed by atoms with Crippen molar-refractivity contribution < 1.29 is 0 Å². The first-order valence-electron chi connectivity index (χ1n) is 15.9. The van der Waals surface area contributed by atoms with Crippen molar-refractivity contribution in [2.75, 3.05) is 0 Å². The van der Waals surface area contributed by atoms with E-state index in [0.717, 1.165) is 67.0 Å². The summed E-state index contributed by atoms with van der Waals surface area (Å²) in [7, 11) is 0. The second-order valence-electron chi connectivity index (χ2n) is 12.6. The first-order valence-corrected chi connectivity index (χ1v) is 15.9. The SMILES string of the molecule is CC1(C)c2ccc(-c3ccc(-c4cc(-c5ccccc5)nc(-c5cccc(-c6ccccc6)c5)n4)cc3)cc2-c2c(C#N)cccc21. The monoisotopic (exact) mass is 601 g/mol. The molecule has 0 N–H and O–H groups in total. The molecule has 3 nitrogen and oxygen atoms in total. The molecular weight excluding hydrogens is 571 g/mol. The Morgan fingerprint density at radius 1 is 0.468 bits per heavy atom. The third-order valence-electron chi connectivity index (χ3n) is 9.36. The average molecular weight is 602 g/mol. The Labute approximate surface area is 275 Å². The largest absolute Gasteiger partial charge is 0.228 e. The molecule has 0 saturated heterocycles. The van der Waals surface area contributed by atoms with Crippen molar-refractivity contribution in [2.24, 2.45) is 0 Å². The van der Waals surface area contributed by atoms with Crippen LogP contribution in [0.4, 0.5) is 0 Å². The van der Waals surface area contributed by atoms with Crippen LogP contribution in [0, 0.1) is 11.3 Å². The summed E-state index contributed by atoms with van der Waals surface area (Å²) in [5, 5.41) is 9.91. The van der Waals surface area contributed by atoms with Gasteiger partial charge in [-0.25, -0.2) is 9.97 Å². The Hall–Kier alpha value is -6.11. The second-order valence-corrected chi connectivity index (χ2v) is 12.6. The highest BCUT2D eigenvalue weighted by Gasteiger charge is 2.36. The van der Waals surface area contributed by atoms with Crippen molar-refractivity contribution in [1.82, 2.24) is 9.97 Å². The number of nitriles is 1. The summed E-state index contributed by atoms with van der Waals surface area (Å²) in [4.78, 5) is 10.1. The van der Waals surface area contributed by atoms with Crippen LogP contribution < -0.4 is 0 Å². The van der Waals surface area contributed by atoms with Crippen LogP contribution in [0.1, 0.15) is 30.5 Å². The van der Waals surface area contributed by atoms with Crippen LogP contribution in [0.5, 0.6) is 0 Å². The van der Waals surface area contributed by atoms with E-state index in [0.29, 0.717) is 5.82 Å². The molecule has 6 aromatic carbocycles. The zero-order valence-electron chi connectivity index (χ0n) is 26.3. The van der Waals surface area contributed by atoms with Crippen LogP contribution in [0.2, 0.25) is 0 Å². The predicted octanol–water partition coefficient (Wildman–Crippen LogP) is 11.0. The van der Waals surface area contributed by atoms with E-state index in [-0.39, 0.29) is 5.41 Å². The quantitative estimate of drug-likeness (QED) is 0.197. The molecule has 0 atom stereocenters. The Kier molecular flexibility index (Phi) is 6.85.